The van der Waals surface area contributed by atoms with Crippen molar-refractivity contribution in [3.8, 4) is 11.1 Å². The lowest BCUT2D eigenvalue weighted by Gasteiger charge is -2.07. The summed E-state index contributed by atoms with van der Waals surface area (Å²) >= 11 is 9.67. The number of fused-ring (bicyclic) bond motifs is 1. The van der Waals surface area contributed by atoms with Gasteiger partial charge in [0.1, 0.15) is 0 Å². The zero-order valence-electron chi connectivity index (χ0n) is 14.1. The largest absolute Gasteiger partial charge is 0.362 e. The first-order valence-corrected chi connectivity index (χ1v) is 9.39. The Labute approximate surface area is 170 Å². The summed E-state index contributed by atoms with van der Waals surface area (Å²) in [6.07, 6.45) is 7.26. The Kier molecular flexibility index (Phi) is 4.81. The van der Waals surface area contributed by atoms with Crippen molar-refractivity contribution >= 4 is 50.2 Å². The Bertz CT molecular complexity index is 1220. The van der Waals surface area contributed by atoms with Gasteiger partial charge in [-0.3, -0.25) is 4.98 Å². The van der Waals surface area contributed by atoms with E-state index in [1.807, 2.05) is 54.7 Å². The van der Waals surface area contributed by atoms with Crippen LogP contribution in [-0.2, 0) is 0 Å². The number of hydrogen-bond donors (Lipinski definition) is 1. The van der Waals surface area contributed by atoms with Crippen LogP contribution in [0.3, 0.4) is 0 Å². The molecular formula is C22H13BrClN3. The molecule has 0 radical (unpaired) electrons. The molecule has 4 aromatic rings. The van der Waals surface area contributed by atoms with Crippen molar-refractivity contribution in [2.75, 3.05) is 0 Å². The van der Waals surface area contributed by atoms with Gasteiger partial charge in [0.05, 0.1) is 6.57 Å². The smallest absolute Gasteiger partial charge is 0.197 e. The highest BCUT2D eigenvalue weighted by molar-refractivity contribution is 9.10. The number of aromatic nitrogens is 2. The summed E-state index contributed by atoms with van der Waals surface area (Å²) in [5.74, 6) is 0. The van der Waals surface area contributed by atoms with Crippen molar-refractivity contribution < 1.29 is 0 Å². The van der Waals surface area contributed by atoms with E-state index in [2.05, 4.69) is 36.8 Å². The number of pyridine rings is 1. The number of halogens is 2. The quantitative estimate of drug-likeness (QED) is 0.344. The molecule has 0 bridgehead atoms. The minimum Gasteiger partial charge on any atom is -0.362 e. The summed E-state index contributed by atoms with van der Waals surface area (Å²) in [7, 11) is 0. The fourth-order valence-electron chi connectivity index (χ4n) is 3.06. The van der Waals surface area contributed by atoms with Crippen LogP contribution in [0.5, 0.6) is 0 Å². The lowest BCUT2D eigenvalue weighted by Crippen LogP contribution is -1.87. The summed E-state index contributed by atoms with van der Waals surface area (Å²) in [6.45, 7) is 7.71. The van der Waals surface area contributed by atoms with E-state index < -0.39 is 0 Å². The third kappa shape index (κ3) is 3.52. The predicted octanol–water partition coefficient (Wildman–Crippen LogP) is 7.06. The van der Waals surface area contributed by atoms with Gasteiger partial charge in [-0.2, -0.15) is 0 Å². The van der Waals surface area contributed by atoms with Gasteiger partial charge in [0.15, 0.2) is 5.70 Å². The second-order valence-electron chi connectivity index (χ2n) is 6.01. The minimum atomic E-state index is 0.535. The Morgan fingerprint density at radius 2 is 2.07 bits per heavy atom. The van der Waals surface area contributed by atoms with Crippen LogP contribution in [0.25, 0.3) is 38.6 Å². The number of nitrogens with zero attached hydrogens (tertiary/aromatic N) is 2. The first kappa shape index (κ1) is 17.5. The van der Waals surface area contributed by atoms with Gasteiger partial charge in [-0.05, 0) is 70.7 Å². The van der Waals surface area contributed by atoms with Gasteiger partial charge < -0.3 is 4.98 Å². The lowest BCUT2D eigenvalue weighted by molar-refractivity contribution is 1.32. The molecule has 0 fully saturated rings. The zero-order chi connectivity index (χ0) is 18.8. The van der Waals surface area contributed by atoms with Crippen molar-refractivity contribution in [3.63, 3.8) is 0 Å². The molecule has 0 spiro atoms. The second-order valence-corrected chi connectivity index (χ2v) is 7.36. The zero-order valence-corrected chi connectivity index (χ0v) is 16.4. The van der Waals surface area contributed by atoms with Crippen LogP contribution in [0, 0.1) is 6.57 Å². The van der Waals surface area contributed by atoms with Crippen LogP contribution in [0.2, 0.25) is 5.02 Å². The summed E-state index contributed by atoms with van der Waals surface area (Å²) in [6, 6.07) is 15.7. The van der Waals surface area contributed by atoms with Crippen LogP contribution >= 0.6 is 27.5 Å². The van der Waals surface area contributed by atoms with E-state index in [-0.39, 0.29) is 0 Å². The van der Waals surface area contributed by atoms with Crippen LogP contribution in [0.15, 0.2) is 71.6 Å². The van der Waals surface area contributed by atoms with E-state index in [0.29, 0.717) is 10.7 Å². The Hall–Kier alpha value is -2.87. The fraction of sp³-hybridized carbons (Fsp3) is 0. The molecule has 2 aromatic heterocycles. The predicted molar refractivity (Wildman–Crippen MR) is 115 cm³/mol. The molecule has 130 valence electrons. The number of rotatable bonds is 3. The molecule has 0 aliphatic rings. The molecule has 27 heavy (non-hydrogen) atoms. The number of benzene rings is 2. The second kappa shape index (κ2) is 7.40. The van der Waals surface area contributed by atoms with Gasteiger partial charge in [0, 0.05) is 33.0 Å². The fourth-order valence-corrected chi connectivity index (χ4v) is 3.63. The van der Waals surface area contributed by atoms with Crippen LogP contribution in [-0.4, -0.2) is 9.97 Å². The van der Waals surface area contributed by atoms with E-state index in [1.54, 1.807) is 12.4 Å². The summed E-state index contributed by atoms with van der Waals surface area (Å²) in [4.78, 5) is 11.2. The average molecular weight is 435 g/mol. The molecule has 0 aliphatic carbocycles. The summed E-state index contributed by atoms with van der Waals surface area (Å²) in [5.41, 5.74) is 5.27. The molecular weight excluding hydrogens is 422 g/mol. The Balaban J connectivity index is 1.87. The van der Waals surface area contributed by atoms with E-state index in [9.17, 15) is 0 Å². The molecule has 0 saturated heterocycles. The van der Waals surface area contributed by atoms with Crippen molar-refractivity contribution in [2.24, 2.45) is 0 Å². The molecule has 0 unspecified atom stereocenters. The average Bonchev–Trinajstić information content (AvgIpc) is 3.09. The molecule has 1 N–H and O–H groups in total. The summed E-state index contributed by atoms with van der Waals surface area (Å²) < 4.78 is 1.00. The Morgan fingerprint density at radius 3 is 2.89 bits per heavy atom. The molecule has 2 aromatic carbocycles. The molecule has 0 aliphatic heterocycles. The molecule has 0 saturated carbocycles. The third-order valence-corrected chi connectivity index (χ3v) is 5.05. The van der Waals surface area contributed by atoms with Gasteiger partial charge in [0.25, 0.3) is 0 Å². The first-order valence-electron chi connectivity index (χ1n) is 8.22. The lowest BCUT2D eigenvalue weighted by atomic mass is 10.00. The normalized spacial score (nSPS) is 11.5. The first-order chi connectivity index (χ1) is 13.2. The number of H-pyrrole nitrogens is 1. The van der Waals surface area contributed by atoms with Crippen molar-refractivity contribution in [1.29, 1.82) is 0 Å². The highest BCUT2D eigenvalue weighted by atomic mass is 79.9. The van der Waals surface area contributed by atoms with Gasteiger partial charge in [0.2, 0.25) is 0 Å². The van der Waals surface area contributed by atoms with E-state index in [1.165, 1.54) is 0 Å². The molecule has 3 nitrogen and oxygen atoms in total. The van der Waals surface area contributed by atoms with Gasteiger partial charge in [-0.15, -0.1) is 0 Å². The number of nitrogens with one attached hydrogen (secondary N) is 1. The van der Waals surface area contributed by atoms with Gasteiger partial charge >= 0.3 is 0 Å². The van der Waals surface area contributed by atoms with Crippen LogP contribution in [0.1, 0.15) is 11.1 Å². The maximum absolute atomic E-state index is 7.71. The molecule has 0 atom stereocenters. The van der Waals surface area contributed by atoms with Crippen molar-refractivity contribution in [2.45, 2.75) is 0 Å². The highest BCUT2D eigenvalue weighted by Gasteiger charge is 2.11. The monoisotopic (exact) mass is 433 g/mol. The molecule has 5 heteroatoms. The minimum absolute atomic E-state index is 0.535. The van der Waals surface area contributed by atoms with E-state index >= 15 is 0 Å². The third-order valence-electron chi connectivity index (χ3n) is 4.32. The maximum atomic E-state index is 7.71. The van der Waals surface area contributed by atoms with Crippen molar-refractivity contribution in [1.82, 2.24) is 9.97 Å². The number of hydrogen-bond acceptors (Lipinski definition) is 1. The standard InChI is InChI=1S/C22H13BrClN3/c1-25-22(20-13-27-21-6-5-17(24)11-19(20)21)10-15-12-26-8-7-18(15)14-3-2-4-16(23)9-14/h2-13,27H/b22-10-. The molecule has 2 heterocycles. The maximum Gasteiger partial charge on any atom is 0.197 e. The summed E-state index contributed by atoms with van der Waals surface area (Å²) in [5, 5.41) is 1.57. The topological polar surface area (TPSA) is 33.0 Å². The van der Waals surface area contributed by atoms with Crippen LogP contribution < -0.4 is 0 Å². The highest BCUT2D eigenvalue weighted by Crippen LogP contribution is 2.32. The van der Waals surface area contributed by atoms with Crippen LogP contribution in [0.4, 0.5) is 0 Å². The van der Waals surface area contributed by atoms with E-state index in [4.69, 9.17) is 18.2 Å². The van der Waals surface area contributed by atoms with Gasteiger partial charge in [-0.1, -0.05) is 39.7 Å². The van der Waals surface area contributed by atoms with Crippen molar-refractivity contribution in [3.05, 3.63) is 99.2 Å². The van der Waals surface area contributed by atoms with E-state index in [0.717, 1.165) is 37.6 Å². The SMILES string of the molecule is [C-]#[N+]/C(=C\c1cnccc1-c1cccc(Br)c1)c1c[nH]c2ccc(Cl)cc12. The van der Waals surface area contributed by atoms with Gasteiger partial charge in [-0.25, -0.2) is 4.85 Å². The Morgan fingerprint density at radius 1 is 1.19 bits per heavy atom. The molecule has 0 amide bonds. The molecule has 4 rings (SSSR count). The number of aromatic amines is 1.